The molecule has 1 aromatic rings. The Labute approximate surface area is 137 Å². The number of hydrogen-bond acceptors (Lipinski definition) is 4. The number of nitrogens with zero attached hydrogens (tertiary/aromatic N) is 1. The SMILES string of the molecule is COc1ccc(C(=O)N/N=C(/C)[C@@H]2C[C@@H]3CC[C@@H]2C3)cc1OC. The lowest BCUT2D eigenvalue weighted by Crippen LogP contribution is -2.24. The van der Waals surface area contributed by atoms with Crippen LogP contribution in [0.25, 0.3) is 0 Å². The number of ether oxygens (including phenoxy) is 2. The normalized spacial score (nSPS) is 26.2. The molecule has 3 atom stereocenters. The Morgan fingerprint density at radius 3 is 2.57 bits per heavy atom. The summed E-state index contributed by atoms with van der Waals surface area (Å²) in [6.07, 6.45) is 5.24. The van der Waals surface area contributed by atoms with E-state index in [-0.39, 0.29) is 5.91 Å². The number of nitrogens with one attached hydrogen (secondary N) is 1. The lowest BCUT2D eigenvalue weighted by Gasteiger charge is -2.21. The summed E-state index contributed by atoms with van der Waals surface area (Å²) in [5.74, 6) is 3.09. The first kappa shape index (κ1) is 15.8. The molecule has 2 aliphatic rings. The second-order valence-corrected chi connectivity index (χ2v) is 6.55. The van der Waals surface area contributed by atoms with E-state index in [2.05, 4.69) is 10.5 Å². The molecule has 3 rings (SSSR count). The zero-order chi connectivity index (χ0) is 16.4. The second-order valence-electron chi connectivity index (χ2n) is 6.55. The molecule has 23 heavy (non-hydrogen) atoms. The number of amides is 1. The molecule has 2 bridgehead atoms. The Balaban J connectivity index is 1.66. The molecule has 2 saturated carbocycles. The van der Waals surface area contributed by atoms with Gasteiger partial charge >= 0.3 is 0 Å². The van der Waals surface area contributed by atoms with E-state index in [1.54, 1.807) is 32.4 Å². The predicted molar refractivity (Wildman–Crippen MR) is 89.1 cm³/mol. The van der Waals surface area contributed by atoms with Gasteiger partial charge in [0.1, 0.15) is 0 Å². The fourth-order valence-corrected chi connectivity index (χ4v) is 4.02. The summed E-state index contributed by atoms with van der Waals surface area (Å²) in [7, 11) is 3.12. The summed E-state index contributed by atoms with van der Waals surface area (Å²) in [4.78, 5) is 12.3. The molecule has 0 aliphatic heterocycles. The smallest absolute Gasteiger partial charge is 0.271 e. The van der Waals surface area contributed by atoms with Crippen LogP contribution in [0.5, 0.6) is 11.5 Å². The zero-order valence-electron chi connectivity index (χ0n) is 14.0. The minimum Gasteiger partial charge on any atom is -0.493 e. The molecule has 1 N–H and O–H groups in total. The van der Waals surface area contributed by atoms with Crippen LogP contribution >= 0.6 is 0 Å². The van der Waals surface area contributed by atoms with Crippen molar-refractivity contribution < 1.29 is 14.3 Å². The molecule has 5 heteroatoms. The Hall–Kier alpha value is -2.04. The van der Waals surface area contributed by atoms with Crippen molar-refractivity contribution in [2.24, 2.45) is 22.9 Å². The standard InChI is InChI=1S/C18H24N2O3/c1-11(15-9-12-4-5-13(15)8-12)19-20-18(21)14-6-7-16(22-2)17(10-14)23-3/h6-7,10,12-13,15H,4-5,8-9H2,1-3H3,(H,20,21)/b19-11-/t12-,13-,15+/m1/s1. The van der Waals surface area contributed by atoms with Gasteiger partial charge in [-0.1, -0.05) is 6.42 Å². The fraction of sp³-hybridized carbons (Fsp3) is 0.556. The Bertz CT molecular complexity index is 627. The van der Waals surface area contributed by atoms with Gasteiger partial charge in [-0.25, -0.2) is 5.43 Å². The van der Waals surface area contributed by atoms with Crippen molar-refractivity contribution in [2.75, 3.05) is 14.2 Å². The number of rotatable bonds is 5. The van der Waals surface area contributed by atoms with E-state index in [1.807, 2.05) is 6.92 Å². The van der Waals surface area contributed by atoms with Crippen LogP contribution in [0.4, 0.5) is 0 Å². The van der Waals surface area contributed by atoms with E-state index in [0.29, 0.717) is 23.0 Å². The molecular weight excluding hydrogens is 292 g/mol. The van der Waals surface area contributed by atoms with Crippen molar-refractivity contribution in [3.63, 3.8) is 0 Å². The highest BCUT2D eigenvalue weighted by Crippen LogP contribution is 2.48. The third-order valence-electron chi connectivity index (χ3n) is 5.25. The van der Waals surface area contributed by atoms with Gasteiger partial charge in [0.2, 0.25) is 0 Å². The molecular formula is C18H24N2O3. The van der Waals surface area contributed by atoms with Crippen molar-refractivity contribution >= 4 is 11.6 Å². The quantitative estimate of drug-likeness (QED) is 0.670. The first-order valence-electron chi connectivity index (χ1n) is 8.19. The summed E-state index contributed by atoms with van der Waals surface area (Å²) in [6.45, 7) is 2.03. The molecule has 2 aliphatic carbocycles. The maximum absolute atomic E-state index is 12.3. The molecule has 0 heterocycles. The monoisotopic (exact) mass is 316 g/mol. The van der Waals surface area contributed by atoms with Crippen molar-refractivity contribution in [1.82, 2.24) is 5.43 Å². The van der Waals surface area contributed by atoms with Crippen LogP contribution in [0.1, 0.15) is 43.0 Å². The van der Waals surface area contributed by atoms with Gasteiger partial charge in [-0.3, -0.25) is 4.79 Å². The molecule has 0 unspecified atom stereocenters. The van der Waals surface area contributed by atoms with Gasteiger partial charge in [0.15, 0.2) is 11.5 Å². The molecule has 5 nitrogen and oxygen atoms in total. The average molecular weight is 316 g/mol. The molecule has 2 fully saturated rings. The summed E-state index contributed by atoms with van der Waals surface area (Å²) in [5, 5.41) is 4.34. The van der Waals surface area contributed by atoms with Crippen LogP contribution in [0.3, 0.4) is 0 Å². The Kier molecular flexibility index (Phi) is 4.55. The topological polar surface area (TPSA) is 59.9 Å². The predicted octanol–water partition coefficient (Wildman–Crippen LogP) is 3.25. The van der Waals surface area contributed by atoms with Gasteiger partial charge in [0.25, 0.3) is 5.91 Å². The molecule has 1 aromatic carbocycles. The molecule has 0 spiro atoms. The third-order valence-corrected chi connectivity index (χ3v) is 5.25. The number of fused-ring (bicyclic) bond motifs is 2. The number of methoxy groups -OCH3 is 2. The van der Waals surface area contributed by atoms with Gasteiger partial charge in [0, 0.05) is 17.2 Å². The van der Waals surface area contributed by atoms with Crippen LogP contribution in [0, 0.1) is 17.8 Å². The van der Waals surface area contributed by atoms with E-state index >= 15 is 0 Å². The zero-order valence-corrected chi connectivity index (χ0v) is 14.0. The minimum absolute atomic E-state index is 0.228. The maximum atomic E-state index is 12.3. The number of carbonyl (C=O) groups is 1. The summed E-state index contributed by atoms with van der Waals surface area (Å²) in [6, 6.07) is 5.09. The van der Waals surface area contributed by atoms with Crippen molar-refractivity contribution in [3.05, 3.63) is 23.8 Å². The highest BCUT2D eigenvalue weighted by atomic mass is 16.5. The number of benzene rings is 1. The first-order chi connectivity index (χ1) is 11.1. The van der Waals surface area contributed by atoms with Crippen LogP contribution < -0.4 is 14.9 Å². The molecule has 0 saturated heterocycles. The van der Waals surface area contributed by atoms with E-state index in [1.165, 1.54) is 25.7 Å². The lowest BCUT2D eigenvalue weighted by molar-refractivity contribution is 0.0954. The summed E-state index contributed by atoms with van der Waals surface area (Å²) < 4.78 is 10.4. The second kappa shape index (κ2) is 6.60. The molecule has 124 valence electrons. The Morgan fingerprint density at radius 1 is 1.17 bits per heavy atom. The van der Waals surface area contributed by atoms with Crippen LogP contribution in [0.2, 0.25) is 0 Å². The largest absolute Gasteiger partial charge is 0.493 e. The van der Waals surface area contributed by atoms with Gasteiger partial charge < -0.3 is 9.47 Å². The van der Waals surface area contributed by atoms with E-state index in [4.69, 9.17) is 9.47 Å². The fourth-order valence-electron chi connectivity index (χ4n) is 4.02. The van der Waals surface area contributed by atoms with Crippen molar-refractivity contribution in [3.8, 4) is 11.5 Å². The highest BCUT2D eigenvalue weighted by Gasteiger charge is 2.40. The summed E-state index contributed by atoms with van der Waals surface area (Å²) >= 11 is 0. The van der Waals surface area contributed by atoms with E-state index in [9.17, 15) is 4.79 Å². The molecule has 0 aromatic heterocycles. The molecule has 0 radical (unpaired) electrons. The number of carbonyl (C=O) groups excluding carboxylic acids is 1. The first-order valence-corrected chi connectivity index (χ1v) is 8.19. The van der Waals surface area contributed by atoms with Crippen LogP contribution in [-0.2, 0) is 0 Å². The number of hydrazone groups is 1. The maximum Gasteiger partial charge on any atom is 0.271 e. The van der Waals surface area contributed by atoms with Crippen LogP contribution in [0.15, 0.2) is 23.3 Å². The summed E-state index contributed by atoms with van der Waals surface area (Å²) in [5.41, 5.74) is 4.23. The highest BCUT2D eigenvalue weighted by molar-refractivity contribution is 5.96. The Morgan fingerprint density at radius 2 is 1.96 bits per heavy atom. The van der Waals surface area contributed by atoms with Crippen LogP contribution in [-0.4, -0.2) is 25.8 Å². The van der Waals surface area contributed by atoms with Gasteiger partial charge in [0.05, 0.1) is 14.2 Å². The third kappa shape index (κ3) is 3.19. The van der Waals surface area contributed by atoms with Gasteiger partial charge in [-0.2, -0.15) is 5.10 Å². The van der Waals surface area contributed by atoms with Gasteiger partial charge in [-0.15, -0.1) is 0 Å². The van der Waals surface area contributed by atoms with Gasteiger partial charge in [-0.05, 0) is 56.2 Å². The average Bonchev–Trinajstić information content (AvgIpc) is 3.21. The lowest BCUT2D eigenvalue weighted by atomic mass is 9.86. The van der Waals surface area contributed by atoms with E-state index < -0.39 is 0 Å². The van der Waals surface area contributed by atoms with Crippen molar-refractivity contribution in [1.29, 1.82) is 0 Å². The van der Waals surface area contributed by atoms with Crippen molar-refractivity contribution in [2.45, 2.75) is 32.6 Å². The van der Waals surface area contributed by atoms with E-state index in [0.717, 1.165) is 17.5 Å². The number of hydrogen-bond donors (Lipinski definition) is 1. The minimum atomic E-state index is -0.228. The molecule has 1 amide bonds.